The second-order valence-corrected chi connectivity index (χ2v) is 9.69. The predicted molar refractivity (Wildman–Crippen MR) is 132 cm³/mol. The van der Waals surface area contributed by atoms with Gasteiger partial charge in [0.05, 0.1) is 47.1 Å². The van der Waals surface area contributed by atoms with Crippen LogP contribution in [0.3, 0.4) is 0 Å². The molecule has 2 aliphatic heterocycles. The lowest BCUT2D eigenvalue weighted by atomic mass is 10.0. The van der Waals surface area contributed by atoms with E-state index in [1.165, 1.54) is 25.1 Å². The Morgan fingerprint density at radius 2 is 2.19 bits per heavy atom. The Morgan fingerprint density at radius 3 is 3.00 bits per heavy atom. The fourth-order valence-corrected chi connectivity index (χ4v) is 5.16. The molecule has 1 fully saturated rings. The van der Waals surface area contributed by atoms with Gasteiger partial charge in [0.25, 0.3) is 5.91 Å². The number of anilines is 1. The van der Waals surface area contributed by atoms with Crippen LogP contribution in [0.1, 0.15) is 22.5 Å². The second kappa shape index (κ2) is 10.3. The number of ether oxygens (including phenoxy) is 1. The number of hydrogen-bond acceptors (Lipinski definition) is 9. The van der Waals surface area contributed by atoms with Gasteiger partial charge in [0.15, 0.2) is 0 Å². The summed E-state index contributed by atoms with van der Waals surface area (Å²) in [5.74, 6) is 0.0816. The van der Waals surface area contributed by atoms with E-state index in [0.717, 1.165) is 4.90 Å². The van der Waals surface area contributed by atoms with Crippen molar-refractivity contribution in [3.8, 4) is 5.88 Å². The van der Waals surface area contributed by atoms with Crippen molar-refractivity contribution >= 4 is 40.4 Å². The van der Waals surface area contributed by atoms with Gasteiger partial charge in [0.1, 0.15) is 17.3 Å². The number of aliphatic hydroxyl groups is 1. The van der Waals surface area contributed by atoms with Gasteiger partial charge in [-0.2, -0.15) is 0 Å². The van der Waals surface area contributed by atoms with E-state index in [0.29, 0.717) is 66.5 Å². The topological polar surface area (TPSA) is 130 Å². The summed E-state index contributed by atoms with van der Waals surface area (Å²) in [5.41, 5.74) is 1.67. The summed E-state index contributed by atoms with van der Waals surface area (Å²) < 4.78 is 19.8. The number of piperidine rings is 1. The highest BCUT2D eigenvalue weighted by atomic mass is 32.2. The number of nitrogens with zero attached hydrogens (tertiary/aromatic N) is 4. The molecule has 0 radical (unpaired) electrons. The molecule has 36 heavy (non-hydrogen) atoms. The van der Waals surface area contributed by atoms with Crippen LogP contribution in [0.2, 0.25) is 0 Å². The zero-order chi connectivity index (χ0) is 25.2. The van der Waals surface area contributed by atoms with Crippen molar-refractivity contribution in [1.29, 1.82) is 0 Å². The first-order valence-electron chi connectivity index (χ1n) is 11.5. The monoisotopic (exact) mass is 512 g/mol. The Kier molecular flexibility index (Phi) is 6.99. The Balaban J connectivity index is 1.19. The average molecular weight is 513 g/mol. The van der Waals surface area contributed by atoms with E-state index in [1.807, 2.05) is 4.90 Å². The highest BCUT2D eigenvalue weighted by Crippen LogP contribution is 2.29. The number of methoxy groups -OCH3 is 1. The van der Waals surface area contributed by atoms with Crippen LogP contribution in [0, 0.1) is 5.82 Å². The van der Waals surface area contributed by atoms with Gasteiger partial charge in [0, 0.05) is 31.3 Å². The van der Waals surface area contributed by atoms with Crippen LogP contribution < -0.4 is 15.4 Å². The van der Waals surface area contributed by atoms with Gasteiger partial charge in [0.2, 0.25) is 11.8 Å². The maximum atomic E-state index is 14.6. The van der Waals surface area contributed by atoms with E-state index in [1.54, 1.807) is 24.3 Å². The number of thioether (sulfide) groups is 1. The molecule has 5 heterocycles. The van der Waals surface area contributed by atoms with Crippen LogP contribution in [0.4, 0.5) is 10.2 Å². The third-order valence-electron chi connectivity index (χ3n) is 6.32. The molecule has 2 aliphatic rings. The van der Waals surface area contributed by atoms with Gasteiger partial charge < -0.3 is 25.4 Å². The molecular weight excluding hydrogens is 487 g/mol. The Morgan fingerprint density at radius 1 is 1.33 bits per heavy atom. The lowest BCUT2D eigenvalue weighted by Gasteiger charge is -2.36. The highest BCUT2D eigenvalue weighted by molar-refractivity contribution is 8.00. The third kappa shape index (κ3) is 5.11. The summed E-state index contributed by atoms with van der Waals surface area (Å²) in [5, 5.41) is 16.2. The van der Waals surface area contributed by atoms with Gasteiger partial charge in [-0.25, -0.2) is 14.4 Å². The molecule has 5 rings (SSSR count). The molecule has 0 spiro atoms. The summed E-state index contributed by atoms with van der Waals surface area (Å²) in [6.45, 7) is 1.46. The number of β-amino-alcohol motifs (C(OH)–C–C–N with tert-alkyl or cyclic N) is 1. The van der Waals surface area contributed by atoms with Crippen molar-refractivity contribution < 1.29 is 23.8 Å². The van der Waals surface area contributed by atoms with E-state index in [9.17, 15) is 19.1 Å². The number of rotatable bonds is 6. The van der Waals surface area contributed by atoms with Crippen LogP contribution in [0.5, 0.6) is 5.88 Å². The molecule has 1 saturated heterocycles. The molecule has 0 aromatic carbocycles. The van der Waals surface area contributed by atoms with Crippen molar-refractivity contribution in [3.05, 3.63) is 47.5 Å². The Labute approximate surface area is 210 Å². The van der Waals surface area contributed by atoms with Crippen molar-refractivity contribution in [2.75, 3.05) is 37.8 Å². The second-order valence-electron chi connectivity index (χ2n) is 8.67. The molecule has 2 atom stereocenters. The number of aliphatic hydroxyl groups excluding tert-OH is 1. The maximum absolute atomic E-state index is 14.6. The van der Waals surface area contributed by atoms with Gasteiger partial charge in [-0.1, -0.05) is 0 Å². The smallest absolute Gasteiger partial charge is 0.270 e. The van der Waals surface area contributed by atoms with Gasteiger partial charge in [-0.05, 0) is 31.0 Å². The van der Waals surface area contributed by atoms with Crippen molar-refractivity contribution in [2.24, 2.45) is 0 Å². The number of nitrogens with one attached hydrogen (secondary N) is 2. The minimum atomic E-state index is -0.798. The quantitative estimate of drug-likeness (QED) is 0.451. The van der Waals surface area contributed by atoms with Crippen LogP contribution in [0.25, 0.3) is 11.0 Å². The number of carbonyl (C=O) groups excluding carboxylic acids is 2. The molecule has 0 unspecified atom stereocenters. The minimum absolute atomic E-state index is 0.157. The molecule has 3 aromatic heterocycles. The molecule has 3 N–H and O–H groups in total. The summed E-state index contributed by atoms with van der Waals surface area (Å²) in [6.07, 6.45) is 1.31. The molecule has 2 amide bonds. The molecule has 10 nitrogen and oxygen atoms in total. The van der Waals surface area contributed by atoms with E-state index < -0.39 is 23.9 Å². The number of amides is 2. The van der Waals surface area contributed by atoms with Crippen LogP contribution >= 0.6 is 11.8 Å². The molecule has 0 aliphatic carbocycles. The van der Waals surface area contributed by atoms with Crippen molar-refractivity contribution in [1.82, 2.24) is 25.2 Å². The SMILES string of the molecule is COc1ccc2ncc(F)c(CCN3CC[C@@H](NC(=O)c4ccc5c(n4)NC(=O)CS5)[C@@H](O)C3)c2n1. The summed E-state index contributed by atoms with van der Waals surface area (Å²) in [4.78, 5) is 39.9. The largest absolute Gasteiger partial charge is 0.481 e. The fourth-order valence-electron chi connectivity index (χ4n) is 4.40. The summed E-state index contributed by atoms with van der Waals surface area (Å²) in [7, 11) is 1.50. The number of hydrogen-bond donors (Lipinski definition) is 3. The lowest BCUT2D eigenvalue weighted by molar-refractivity contribution is -0.113. The van der Waals surface area contributed by atoms with E-state index in [2.05, 4.69) is 25.6 Å². The van der Waals surface area contributed by atoms with Gasteiger partial charge in [-0.15, -0.1) is 11.8 Å². The van der Waals surface area contributed by atoms with Crippen molar-refractivity contribution in [3.63, 3.8) is 0 Å². The number of pyridine rings is 3. The zero-order valence-corrected chi connectivity index (χ0v) is 20.3. The predicted octanol–water partition coefficient (Wildman–Crippen LogP) is 1.62. The average Bonchev–Trinajstić information content (AvgIpc) is 2.88. The third-order valence-corrected chi connectivity index (χ3v) is 7.36. The first-order chi connectivity index (χ1) is 17.4. The molecule has 12 heteroatoms. The number of carbonyl (C=O) groups is 2. The molecule has 0 bridgehead atoms. The molecule has 0 saturated carbocycles. The van der Waals surface area contributed by atoms with E-state index in [-0.39, 0.29) is 11.6 Å². The number of likely N-dealkylation sites (tertiary alicyclic amines) is 1. The molecular formula is C24H25FN6O4S. The van der Waals surface area contributed by atoms with Gasteiger partial charge >= 0.3 is 0 Å². The first-order valence-corrected chi connectivity index (χ1v) is 12.5. The van der Waals surface area contributed by atoms with Crippen LogP contribution in [-0.4, -0.2) is 81.4 Å². The summed E-state index contributed by atoms with van der Waals surface area (Å²) >= 11 is 1.37. The van der Waals surface area contributed by atoms with Gasteiger partial charge in [-0.3, -0.25) is 14.6 Å². The first kappa shape index (κ1) is 24.3. The normalized spacial score (nSPS) is 20.0. The van der Waals surface area contributed by atoms with Crippen LogP contribution in [0.15, 0.2) is 35.4 Å². The minimum Gasteiger partial charge on any atom is -0.481 e. The lowest BCUT2D eigenvalue weighted by Crippen LogP contribution is -2.54. The zero-order valence-electron chi connectivity index (χ0n) is 19.5. The summed E-state index contributed by atoms with van der Waals surface area (Å²) in [6, 6.07) is 6.34. The Bertz CT molecular complexity index is 1330. The standard InChI is InChI=1S/C24H25FN6O4S/c1-35-21-5-3-16-22(30-21)13(14(25)10-26-16)6-8-31-9-7-15(18(32)11-31)28-24(34)17-2-4-19-23(27-17)29-20(33)12-36-19/h2-5,10,15,18,32H,6-9,11-12H2,1H3,(H,28,34)(H,27,29,33)/t15-,18+/m1/s1. The van der Waals surface area contributed by atoms with E-state index >= 15 is 0 Å². The Hall–Kier alpha value is -3.35. The number of halogens is 1. The number of fused-ring (bicyclic) bond motifs is 2. The van der Waals surface area contributed by atoms with Crippen LogP contribution in [-0.2, 0) is 11.2 Å². The molecule has 3 aromatic rings. The fraction of sp³-hybridized carbons (Fsp3) is 0.375. The highest BCUT2D eigenvalue weighted by Gasteiger charge is 2.30. The molecule has 188 valence electrons. The van der Waals surface area contributed by atoms with Crippen molar-refractivity contribution in [2.45, 2.75) is 29.9 Å². The number of aromatic nitrogens is 3. The maximum Gasteiger partial charge on any atom is 0.270 e. The van der Waals surface area contributed by atoms with E-state index in [4.69, 9.17) is 4.74 Å².